The van der Waals surface area contributed by atoms with Crippen LogP contribution in [0.25, 0.3) is 11.3 Å². The van der Waals surface area contributed by atoms with E-state index in [1.54, 1.807) is 11.3 Å². The number of thiazole rings is 1. The molecule has 94 valence electrons. The molecule has 0 atom stereocenters. The number of aromatic nitrogens is 1. The number of piperidine rings is 1. The Hall–Kier alpha value is -1.35. The maximum Gasteiger partial charge on any atom is 0.185 e. The summed E-state index contributed by atoms with van der Waals surface area (Å²) in [6, 6.07) is 8.61. The molecule has 3 rings (SSSR count). The van der Waals surface area contributed by atoms with Crippen molar-refractivity contribution in [1.82, 2.24) is 4.98 Å². The van der Waals surface area contributed by atoms with Crippen molar-refractivity contribution >= 4 is 16.5 Å². The van der Waals surface area contributed by atoms with Crippen LogP contribution in [-0.2, 0) is 0 Å². The maximum absolute atomic E-state index is 4.78. The van der Waals surface area contributed by atoms with E-state index in [1.807, 2.05) is 0 Å². The first kappa shape index (κ1) is 11.7. The van der Waals surface area contributed by atoms with Crippen LogP contribution in [0, 0.1) is 6.92 Å². The molecule has 0 radical (unpaired) electrons. The van der Waals surface area contributed by atoms with Gasteiger partial charge in [0.2, 0.25) is 0 Å². The fourth-order valence-corrected chi connectivity index (χ4v) is 3.24. The van der Waals surface area contributed by atoms with Gasteiger partial charge in [-0.15, -0.1) is 11.3 Å². The Morgan fingerprint density at radius 3 is 2.50 bits per heavy atom. The van der Waals surface area contributed by atoms with Crippen molar-refractivity contribution in [3.8, 4) is 11.3 Å². The summed E-state index contributed by atoms with van der Waals surface area (Å²) in [7, 11) is 0. The van der Waals surface area contributed by atoms with Gasteiger partial charge in [-0.25, -0.2) is 4.98 Å². The first-order chi connectivity index (χ1) is 8.83. The molecular weight excluding hydrogens is 240 g/mol. The predicted octanol–water partition coefficient (Wildman–Crippen LogP) is 4.11. The quantitative estimate of drug-likeness (QED) is 0.806. The van der Waals surface area contributed by atoms with Gasteiger partial charge < -0.3 is 4.90 Å². The van der Waals surface area contributed by atoms with Gasteiger partial charge in [0.25, 0.3) is 0 Å². The third-order valence-corrected chi connectivity index (χ3v) is 4.37. The van der Waals surface area contributed by atoms with Crippen LogP contribution in [0.3, 0.4) is 0 Å². The van der Waals surface area contributed by atoms with E-state index in [-0.39, 0.29) is 0 Å². The van der Waals surface area contributed by atoms with Crippen molar-refractivity contribution in [3.05, 3.63) is 35.2 Å². The van der Waals surface area contributed by atoms with Crippen LogP contribution in [0.5, 0.6) is 0 Å². The first-order valence-corrected chi connectivity index (χ1v) is 7.48. The van der Waals surface area contributed by atoms with Gasteiger partial charge in [0.05, 0.1) is 5.69 Å². The Kier molecular flexibility index (Phi) is 3.33. The third kappa shape index (κ3) is 2.41. The fraction of sp³-hybridized carbons (Fsp3) is 0.400. The highest BCUT2D eigenvalue weighted by Gasteiger charge is 2.14. The summed E-state index contributed by atoms with van der Waals surface area (Å²) in [6.45, 7) is 4.45. The second-order valence-electron chi connectivity index (χ2n) is 4.93. The van der Waals surface area contributed by atoms with Gasteiger partial charge in [0.15, 0.2) is 5.13 Å². The summed E-state index contributed by atoms with van der Waals surface area (Å²) >= 11 is 1.77. The Morgan fingerprint density at radius 1 is 1.06 bits per heavy atom. The SMILES string of the molecule is Cc1ccc(-c2csc(N3CCCCC3)n2)cc1. The summed E-state index contributed by atoms with van der Waals surface area (Å²) in [5, 5.41) is 3.36. The molecule has 1 aliphatic rings. The molecule has 2 heterocycles. The Balaban J connectivity index is 1.82. The van der Waals surface area contributed by atoms with E-state index in [9.17, 15) is 0 Å². The monoisotopic (exact) mass is 258 g/mol. The zero-order valence-electron chi connectivity index (χ0n) is 10.7. The number of aryl methyl sites for hydroxylation is 1. The molecule has 1 aromatic heterocycles. The molecule has 0 aliphatic carbocycles. The normalized spacial score (nSPS) is 15.9. The van der Waals surface area contributed by atoms with Crippen LogP contribution in [0.1, 0.15) is 24.8 Å². The number of hydrogen-bond acceptors (Lipinski definition) is 3. The lowest BCUT2D eigenvalue weighted by molar-refractivity contribution is 0.577. The Labute approximate surface area is 112 Å². The van der Waals surface area contributed by atoms with Crippen molar-refractivity contribution < 1.29 is 0 Å². The lowest BCUT2D eigenvalue weighted by atomic mass is 10.1. The molecule has 0 spiro atoms. The largest absolute Gasteiger partial charge is 0.348 e. The van der Waals surface area contributed by atoms with Crippen LogP contribution in [-0.4, -0.2) is 18.1 Å². The predicted molar refractivity (Wildman–Crippen MR) is 78.4 cm³/mol. The number of anilines is 1. The zero-order valence-corrected chi connectivity index (χ0v) is 11.5. The maximum atomic E-state index is 4.78. The van der Waals surface area contributed by atoms with Crippen molar-refractivity contribution in [1.29, 1.82) is 0 Å². The second-order valence-corrected chi connectivity index (χ2v) is 5.77. The van der Waals surface area contributed by atoms with Gasteiger partial charge in [-0.2, -0.15) is 0 Å². The molecule has 1 aliphatic heterocycles. The molecule has 0 saturated carbocycles. The molecule has 0 bridgehead atoms. The smallest absolute Gasteiger partial charge is 0.185 e. The van der Waals surface area contributed by atoms with Gasteiger partial charge >= 0.3 is 0 Å². The summed E-state index contributed by atoms with van der Waals surface area (Å²) in [5.74, 6) is 0. The lowest BCUT2D eigenvalue weighted by Gasteiger charge is -2.25. The Morgan fingerprint density at radius 2 is 1.78 bits per heavy atom. The minimum atomic E-state index is 1.11. The molecule has 18 heavy (non-hydrogen) atoms. The van der Waals surface area contributed by atoms with Crippen LogP contribution in [0.4, 0.5) is 5.13 Å². The van der Waals surface area contributed by atoms with E-state index in [2.05, 4.69) is 41.5 Å². The Bertz CT molecular complexity index is 510. The topological polar surface area (TPSA) is 16.1 Å². The summed E-state index contributed by atoms with van der Waals surface area (Å²) in [5.41, 5.74) is 3.63. The minimum Gasteiger partial charge on any atom is -0.348 e. The standard InChI is InChI=1S/C15H18N2S/c1-12-5-7-13(8-6-12)14-11-18-15(16-14)17-9-3-2-4-10-17/h5-8,11H,2-4,9-10H2,1H3. The van der Waals surface area contributed by atoms with Gasteiger partial charge in [-0.1, -0.05) is 29.8 Å². The van der Waals surface area contributed by atoms with Crippen molar-refractivity contribution in [2.75, 3.05) is 18.0 Å². The summed E-state index contributed by atoms with van der Waals surface area (Å²) in [4.78, 5) is 7.20. The molecule has 3 heteroatoms. The lowest BCUT2D eigenvalue weighted by Crippen LogP contribution is -2.29. The summed E-state index contributed by atoms with van der Waals surface area (Å²) in [6.07, 6.45) is 3.98. The molecule has 0 amide bonds. The molecule has 0 unspecified atom stereocenters. The fourth-order valence-electron chi connectivity index (χ4n) is 2.35. The van der Waals surface area contributed by atoms with Crippen LogP contribution in [0.15, 0.2) is 29.6 Å². The highest BCUT2D eigenvalue weighted by molar-refractivity contribution is 7.14. The van der Waals surface area contributed by atoms with Gasteiger partial charge in [0, 0.05) is 24.0 Å². The van der Waals surface area contributed by atoms with E-state index in [1.165, 1.54) is 48.6 Å². The highest BCUT2D eigenvalue weighted by Crippen LogP contribution is 2.29. The van der Waals surface area contributed by atoms with Crippen molar-refractivity contribution in [2.24, 2.45) is 0 Å². The zero-order chi connectivity index (χ0) is 12.4. The van der Waals surface area contributed by atoms with Gasteiger partial charge in [-0.3, -0.25) is 0 Å². The number of nitrogens with zero attached hydrogens (tertiary/aromatic N) is 2. The first-order valence-electron chi connectivity index (χ1n) is 6.60. The molecule has 2 aromatic rings. The van der Waals surface area contributed by atoms with Gasteiger partial charge in [-0.05, 0) is 26.2 Å². The van der Waals surface area contributed by atoms with Crippen molar-refractivity contribution in [2.45, 2.75) is 26.2 Å². The number of rotatable bonds is 2. The van der Waals surface area contributed by atoms with E-state index in [0.29, 0.717) is 0 Å². The van der Waals surface area contributed by atoms with Gasteiger partial charge in [0.1, 0.15) is 0 Å². The van der Waals surface area contributed by atoms with Crippen LogP contribution in [0.2, 0.25) is 0 Å². The number of hydrogen-bond donors (Lipinski definition) is 0. The van der Waals surface area contributed by atoms with Crippen LogP contribution >= 0.6 is 11.3 Å². The molecule has 1 fully saturated rings. The van der Waals surface area contributed by atoms with E-state index < -0.39 is 0 Å². The molecule has 2 nitrogen and oxygen atoms in total. The van der Waals surface area contributed by atoms with E-state index in [0.717, 1.165) is 5.69 Å². The highest BCUT2D eigenvalue weighted by atomic mass is 32.1. The average Bonchev–Trinajstić information content (AvgIpc) is 2.90. The second kappa shape index (κ2) is 5.11. The molecular formula is C15H18N2S. The van der Waals surface area contributed by atoms with E-state index in [4.69, 9.17) is 4.98 Å². The number of benzene rings is 1. The molecule has 0 N–H and O–H groups in total. The van der Waals surface area contributed by atoms with Crippen LogP contribution < -0.4 is 4.90 Å². The summed E-state index contributed by atoms with van der Waals surface area (Å²) < 4.78 is 0. The van der Waals surface area contributed by atoms with E-state index >= 15 is 0 Å². The molecule has 1 saturated heterocycles. The minimum absolute atomic E-state index is 1.11. The van der Waals surface area contributed by atoms with Crippen molar-refractivity contribution in [3.63, 3.8) is 0 Å². The third-order valence-electron chi connectivity index (χ3n) is 3.47. The molecule has 1 aromatic carbocycles. The average molecular weight is 258 g/mol.